The van der Waals surface area contributed by atoms with Gasteiger partial charge in [0, 0.05) is 17.9 Å². The molecule has 112 valence electrons. The van der Waals surface area contributed by atoms with Crippen molar-refractivity contribution in [2.24, 2.45) is 5.41 Å². The number of benzene rings is 1. The molecule has 2 atom stereocenters. The molecule has 1 aromatic carbocycles. The maximum absolute atomic E-state index is 6.32. The first-order valence-electron chi connectivity index (χ1n) is 7.86. The number of hydrogen-bond acceptors (Lipinski definition) is 2. The number of rotatable bonds is 5. The van der Waals surface area contributed by atoms with Crippen LogP contribution in [0.25, 0.3) is 0 Å². The molecule has 0 amide bonds. The fraction of sp³-hybridized carbons (Fsp3) is 0.667. The van der Waals surface area contributed by atoms with Gasteiger partial charge in [-0.05, 0) is 36.6 Å². The van der Waals surface area contributed by atoms with E-state index in [1.807, 2.05) is 0 Å². The summed E-state index contributed by atoms with van der Waals surface area (Å²) < 4.78 is 6.32. The summed E-state index contributed by atoms with van der Waals surface area (Å²) in [6.45, 7) is 14.4. The molecule has 2 unspecified atom stereocenters. The van der Waals surface area contributed by atoms with Crippen LogP contribution in [0.15, 0.2) is 18.2 Å². The fourth-order valence-electron chi connectivity index (χ4n) is 2.93. The van der Waals surface area contributed by atoms with Gasteiger partial charge >= 0.3 is 0 Å². The van der Waals surface area contributed by atoms with E-state index in [9.17, 15) is 0 Å². The van der Waals surface area contributed by atoms with Crippen molar-refractivity contribution >= 4 is 0 Å². The Morgan fingerprint density at radius 1 is 1.35 bits per heavy atom. The molecule has 0 saturated heterocycles. The van der Waals surface area contributed by atoms with Gasteiger partial charge in [-0.15, -0.1) is 0 Å². The lowest BCUT2D eigenvalue weighted by Crippen LogP contribution is -2.62. The summed E-state index contributed by atoms with van der Waals surface area (Å²) >= 11 is 0. The Morgan fingerprint density at radius 2 is 2.05 bits per heavy atom. The van der Waals surface area contributed by atoms with E-state index in [0.29, 0.717) is 18.1 Å². The summed E-state index contributed by atoms with van der Waals surface area (Å²) in [6, 6.07) is 7.18. The fourth-order valence-corrected chi connectivity index (χ4v) is 2.93. The molecule has 0 radical (unpaired) electrons. The van der Waals surface area contributed by atoms with Crippen LogP contribution >= 0.6 is 0 Å². The highest BCUT2D eigenvalue weighted by Gasteiger charge is 2.49. The molecule has 0 heterocycles. The number of hydrogen-bond donors (Lipinski definition) is 1. The topological polar surface area (TPSA) is 21.3 Å². The Bertz CT molecular complexity index is 464. The van der Waals surface area contributed by atoms with Crippen LogP contribution < -0.4 is 10.1 Å². The molecule has 1 aliphatic carbocycles. The van der Waals surface area contributed by atoms with Crippen LogP contribution in [0.4, 0.5) is 0 Å². The van der Waals surface area contributed by atoms with Gasteiger partial charge in [-0.1, -0.05) is 46.8 Å². The van der Waals surface area contributed by atoms with Gasteiger partial charge < -0.3 is 10.1 Å². The van der Waals surface area contributed by atoms with Crippen molar-refractivity contribution in [2.75, 3.05) is 6.54 Å². The van der Waals surface area contributed by atoms with Crippen molar-refractivity contribution in [1.82, 2.24) is 5.32 Å². The van der Waals surface area contributed by atoms with E-state index in [0.717, 1.165) is 18.7 Å². The molecule has 0 spiro atoms. The van der Waals surface area contributed by atoms with Gasteiger partial charge in [0.2, 0.25) is 0 Å². The summed E-state index contributed by atoms with van der Waals surface area (Å²) in [5.41, 5.74) is 2.79. The van der Waals surface area contributed by atoms with E-state index in [2.05, 4.69) is 65.1 Å². The van der Waals surface area contributed by atoms with Gasteiger partial charge in [0.15, 0.2) is 0 Å². The predicted molar refractivity (Wildman–Crippen MR) is 85.5 cm³/mol. The van der Waals surface area contributed by atoms with Crippen LogP contribution in [-0.2, 0) is 0 Å². The minimum absolute atomic E-state index is 0.205. The van der Waals surface area contributed by atoms with Crippen LogP contribution in [0.3, 0.4) is 0 Å². The highest BCUT2D eigenvalue weighted by atomic mass is 16.5. The molecule has 1 N–H and O–H groups in total. The molecule has 2 rings (SSSR count). The van der Waals surface area contributed by atoms with E-state index in [1.165, 1.54) is 11.1 Å². The second-order valence-electron chi connectivity index (χ2n) is 6.95. The average Bonchev–Trinajstić information content (AvgIpc) is 2.39. The zero-order chi connectivity index (χ0) is 14.9. The summed E-state index contributed by atoms with van der Waals surface area (Å²) in [4.78, 5) is 0. The molecule has 1 aliphatic rings. The molecule has 0 bridgehead atoms. The Hall–Kier alpha value is -1.02. The van der Waals surface area contributed by atoms with E-state index >= 15 is 0 Å². The minimum Gasteiger partial charge on any atom is -0.489 e. The van der Waals surface area contributed by atoms with Crippen molar-refractivity contribution < 1.29 is 4.74 Å². The number of nitrogens with one attached hydrogen (secondary N) is 1. The minimum atomic E-state index is 0.205. The predicted octanol–water partition coefficient (Wildman–Crippen LogP) is 4.27. The summed E-state index contributed by atoms with van der Waals surface area (Å²) in [7, 11) is 0. The van der Waals surface area contributed by atoms with E-state index < -0.39 is 0 Å². The van der Waals surface area contributed by atoms with Gasteiger partial charge in [0.25, 0.3) is 0 Å². The van der Waals surface area contributed by atoms with Crippen molar-refractivity contribution in [1.29, 1.82) is 0 Å². The smallest absolute Gasteiger partial charge is 0.122 e. The molecule has 2 heteroatoms. The number of aryl methyl sites for hydroxylation is 1. The largest absolute Gasteiger partial charge is 0.489 e. The van der Waals surface area contributed by atoms with Crippen LogP contribution in [0.2, 0.25) is 0 Å². The molecule has 1 saturated carbocycles. The maximum Gasteiger partial charge on any atom is 0.122 e. The molecule has 20 heavy (non-hydrogen) atoms. The second kappa shape index (κ2) is 5.77. The lowest BCUT2D eigenvalue weighted by atomic mass is 9.64. The van der Waals surface area contributed by atoms with E-state index in [-0.39, 0.29) is 5.41 Å². The first-order valence-corrected chi connectivity index (χ1v) is 7.86. The average molecular weight is 275 g/mol. The van der Waals surface area contributed by atoms with Gasteiger partial charge in [-0.3, -0.25) is 0 Å². The first-order chi connectivity index (χ1) is 9.36. The van der Waals surface area contributed by atoms with Gasteiger partial charge in [0.1, 0.15) is 11.9 Å². The Labute approximate surface area is 123 Å². The molecule has 1 aromatic rings. The third-order valence-electron chi connectivity index (χ3n) is 4.78. The van der Waals surface area contributed by atoms with Crippen molar-refractivity contribution in [2.45, 2.75) is 66.0 Å². The Balaban J connectivity index is 2.10. The number of ether oxygens (including phenoxy) is 1. The molecular formula is C18H29NO. The normalized spacial score (nSPS) is 24.6. The molecule has 1 fully saturated rings. The SMILES string of the molecule is CCNC1CC(Oc2cc(C(C)C)ccc2C)C1(C)C. The first kappa shape index (κ1) is 15.4. The quantitative estimate of drug-likeness (QED) is 0.866. The van der Waals surface area contributed by atoms with Crippen molar-refractivity contribution in [3.63, 3.8) is 0 Å². The zero-order valence-corrected chi connectivity index (χ0v) is 13.8. The highest BCUT2D eigenvalue weighted by Crippen LogP contribution is 2.43. The summed E-state index contributed by atoms with van der Waals surface area (Å²) in [5.74, 6) is 1.60. The van der Waals surface area contributed by atoms with Gasteiger partial charge in [-0.25, -0.2) is 0 Å². The second-order valence-corrected chi connectivity index (χ2v) is 6.95. The van der Waals surface area contributed by atoms with Crippen molar-refractivity contribution in [3.05, 3.63) is 29.3 Å². The summed E-state index contributed by atoms with van der Waals surface area (Å²) in [5, 5.41) is 3.55. The third-order valence-corrected chi connectivity index (χ3v) is 4.78. The van der Waals surface area contributed by atoms with E-state index in [4.69, 9.17) is 4.74 Å². The van der Waals surface area contributed by atoms with Gasteiger partial charge in [0.05, 0.1) is 0 Å². The summed E-state index contributed by atoms with van der Waals surface area (Å²) in [6.07, 6.45) is 1.42. The highest BCUT2D eigenvalue weighted by molar-refractivity contribution is 5.38. The molecule has 0 aliphatic heterocycles. The standard InChI is InChI=1S/C18H29NO/c1-7-19-16-11-17(18(16,5)6)20-15-10-14(12(2)3)9-8-13(15)4/h8-10,12,16-17,19H,7,11H2,1-6H3. The lowest BCUT2D eigenvalue weighted by Gasteiger charge is -2.51. The van der Waals surface area contributed by atoms with Crippen LogP contribution in [-0.4, -0.2) is 18.7 Å². The molecular weight excluding hydrogens is 246 g/mol. The van der Waals surface area contributed by atoms with Crippen LogP contribution in [0.1, 0.15) is 58.1 Å². The van der Waals surface area contributed by atoms with Gasteiger partial charge in [-0.2, -0.15) is 0 Å². The Kier molecular flexibility index (Phi) is 4.43. The maximum atomic E-state index is 6.32. The van der Waals surface area contributed by atoms with Crippen LogP contribution in [0.5, 0.6) is 5.75 Å². The van der Waals surface area contributed by atoms with Crippen molar-refractivity contribution in [3.8, 4) is 5.75 Å². The third kappa shape index (κ3) is 2.85. The van der Waals surface area contributed by atoms with Crippen LogP contribution in [0, 0.1) is 12.3 Å². The molecule has 0 aromatic heterocycles. The zero-order valence-electron chi connectivity index (χ0n) is 13.8. The molecule has 2 nitrogen and oxygen atoms in total. The Morgan fingerprint density at radius 3 is 2.60 bits per heavy atom. The monoisotopic (exact) mass is 275 g/mol. The van der Waals surface area contributed by atoms with E-state index in [1.54, 1.807) is 0 Å². The lowest BCUT2D eigenvalue weighted by molar-refractivity contribution is -0.0544.